The Balaban J connectivity index is -0.0000000799. The Labute approximate surface area is 109 Å². The van der Waals surface area contributed by atoms with Crippen LogP contribution in [0.5, 0.6) is 0 Å². The van der Waals surface area contributed by atoms with Crippen LogP contribution >= 0.6 is 7.99 Å². The minimum absolute atomic E-state index is 0. The van der Waals surface area contributed by atoms with Gasteiger partial charge in [0.2, 0.25) is 0 Å². The fraction of sp³-hybridized carbons (Fsp3) is 0. The maximum absolute atomic E-state index is 10.1. The smallest absolute Gasteiger partial charge is 0.539 e. The third kappa shape index (κ3) is 62.4. The van der Waals surface area contributed by atoms with Crippen LogP contribution in [-0.2, 0) is 23.7 Å². The quantitative estimate of drug-likeness (QED) is 0.191. The van der Waals surface area contributed by atoms with Crippen LogP contribution in [0.3, 0.4) is 0 Å². The van der Waals surface area contributed by atoms with E-state index in [0.29, 0.717) is 0 Å². The molecule has 0 aromatic carbocycles. The predicted molar refractivity (Wildman–Crippen MR) is 40.0 cm³/mol. The molecule has 0 aromatic rings. The van der Waals surface area contributed by atoms with E-state index in [0.717, 1.165) is 0 Å². The summed E-state index contributed by atoms with van der Waals surface area (Å²) in [5.74, 6) is -7.66. The first-order valence-corrected chi connectivity index (χ1v) is 4.35. The maximum atomic E-state index is 10.1. The van der Waals surface area contributed by atoms with Crippen molar-refractivity contribution in [3.05, 3.63) is 0 Å². The summed E-state index contributed by atoms with van der Waals surface area (Å²) in [6, 6.07) is 0. The largest absolute Gasteiger partial charge is 1.00 e. The molecule has 18 heavy (non-hydrogen) atoms. The molecule has 14 heteroatoms. The van der Waals surface area contributed by atoms with Crippen LogP contribution in [0, 0.1) is 0 Å². The minimum Gasteiger partial charge on any atom is -0.539 e. The van der Waals surface area contributed by atoms with Crippen molar-refractivity contribution in [2.24, 2.45) is 0 Å². The van der Waals surface area contributed by atoms with Gasteiger partial charge in [0.15, 0.2) is 5.97 Å². The van der Waals surface area contributed by atoms with Crippen LogP contribution in [0.4, 0.5) is 8.39 Å². The fourth-order valence-electron chi connectivity index (χ4n) is 0. The van der Waals surface area contributed by atoms with Gasteiger partial charge < -0.3 is 25.2 Å². The van der Waals surface area contributed by atoms with E-state index in [1.54, 1.807) is 0 Å². The van der Waals surface area contributed by atoms with Crippen LogP contribution in [0.1, 0.15) is 0 Å². The van der Waals surface area contributed by atoms with Gasteiger partial charge in [0.25, 0.3) is 0 Å². The predicted octanol–water partition coefficient (Wildman–Crippen LogP) is -4.99. The van der Waals surface area contributed by atoms with E-state index in [9.17, 15) is 8.39 Å². The number of carboxylic acid groups (broad SMARTS) is 4. The van der Waals surface area contributed by atoms with E-state index in [-0.39, 0.29) is 18.9 Å². The summed E-state index contributed by atoms with van der Waals surface area (Å²) < 4.78 is 28.7. The molecule has 10 nitrogen and oxygen atoms in total. The minimum atomic E-state index is -5.64. The molecule has 0 spiro atoms. The zero-order chi connectivity index (χ0) is 14.8. The molecule has 0 saturated carbocycles. The van der Waals surface area contributed by atoms with Gasteiger partial charge in [-0.2, -0.15) is 0 Å². The van der Waals surface area contributed by atoms with Crippen molar-refractivity contribution in [1.29, 1.82) is 0 Å². The van der Waals surface area contributed by atoms with Gasteiger partial charge in [-0.3, -0.25) is 4.89 Å². The average Bonchev–Trinajstić information content (AvgIpc) is 2.01. The molecule has 0 fully saturated rings. The number of carbonyl (C=O) groups is 4. The SMILES string of the molecule is O=C(O)C(=O)O.O=C([O-])C(=O)O.O=P(O)(F)F.[Li+]. The Morgan fingerprint density at radius 2 is 1.00 bits per heavy atom. The summed E-state index contributed by atoms with van der Waals surface area (Å²) >= 11 is 0. The number of rotatable bonds is 0. The van der Waals surface area contributed by atoms with Crippen molar-refractivity contribution >= 4 is 31.9 Å². The number of carboxylic acids is 4. The second-order valence-corrected chi connectivity index (χ2v) is 2.51. The number of halogens is 2. The molecule has 0 aliphatic carbocycles. The summed E-state index contributed by atoms with van der Waals surface area (Å²) in [6.45, 7) is 0. The Kier molecular flexibility index (Phi) is 16.9. The Morgan fingerprint density at radius 1 is 0.889 bits per heavy atom. The molecule has 0 aliphatic rings. The maximum Gasteiger partial charge on any atom is 1.00 e. The molecule has 0 amide bonds. The molecule has 0 aromatic heterocycles. The number of hydrogen-bond acceptors (Lipinski definition) is 6. The van der Waals surface area contributed by atoms with E-state index in [1.807, 2.05) is 0 Å². The van der Waals surface area contributed by atoms with Crippen molar-refractivity contribution in [1.82, 2.24) is 0 Å². The summed E-state index contributed by atoms with van der Waals surface area (Å²) in [5, 5.41) is 31.1. The van der Waals surface area contributed by atoms with E-state index >= 15 is 0 Å². The van der Waals surface area contributed by atoms with Crippen molar-refractivity contribution < 1.29 is 76.3 Å². The second-order valence-electron chi connectivity index (χ2n) is 1.64. The molecule has 0 saturated heterocycles. The Morgan fingerprint density at radius 3 is 1.00 bits per heavy atom. The summed E-state index contributed by atoms with van der Waals surface area (Å²) in [7, 11) is -5.64. The number of hydrogen-bond donors (Lipinski definition) is 4. The van der Waals surface area contributed by atoms with Crippen LogP contribution in [0.25, 0.3) is 0 Å². The molecule has 0 atom stereocenters. The molecular weight excluding hydrogens is 284 g/mol. The van der Waals surface area contributed by atoms with Crippen LogP contribution in [0.15, 0.2) is 0 Å². The van der Waals surface area contributed by atoms with Gasteiger partial charge in [-0.25, -0.2) is 18.9 Å². The molecule has 0 heterocycles. The van der Waals surface area contributed by atoms with Crippen molar-refractivity contribution in [3.63, 3.8) is 0 Å². The monoisotopic (exact) mass is 288 g/mol. The fourth-order valence-corrected chi connectivity index (χ4v) is 0. The standard InChI is InChI=1S/2C2H2O4.F2HO2P.Li/c2*3-1(4)2(5)6;1-5(2,3)4;/h2*(H,3,4)(H,5,6);(H,3,4);/q;;;+1/p-1. The third-order valence-electron chi connectivity index (χ3n) is 0.358. The Bertz CT molecular complexity index is 294. The van der Waals surface area contributed by atoms with E-state index in [1.165, 1.54) is 0 Å². The third-order valence-corrected chi connectivity index (χ3v) is 0.358. The van der Waals surface area contributed by atoms with Crippen LogP contribution < -0.4 is 24.0 Å². The molecule has 0 aliphatic heterocycles. The van der Waals surface area contributed by atoms with Crippen molar-refractivity contribution in [2.45, 2.75) is 0 Å². The van der Waals surface area contributed by atoms with Gasteiger partial charge in [-0.05, 0) is 0 Å². The normalized spacial score (nSPS) is 8.17. The van der Waals surface area contributed by atoms with Gasteiger partial charge in [0, 0.05) is 0 Å². The molecule has 100 valence electrons. The van der Waals surface area contributed by atoms with Crippen molar-refractivity contribution in [3.8, 4) is 0 Å². The van der Waals surface area contributed by atoms with Gasteiger partial charge >= 0.3 is 44.8 Å². The first kappa shape index (κ1) is 25.4. The van der Waals surface area contributed by atoms with E-state index < -0.39 is 31.9 Å². The topological polar surface area (TPSA) is 189 Å². The van der Waals surface area contributed by atoms with Gasteiger partial charge in [0.1, 0.15) is 0 Å². The summed E-state index contributed by atoms with van der Waals surface area (Å²) in [5.41, 5.74) is 0. The zero-order valence-corrected chi connectivity index (χ0v) is 9.34. The van der Waals surface area contributed by atoms with Gasteiger partial charge in [-0.15, -0.1) is 8.39 Å². The summed E-state index contributed by atoms with van der Waals surface area (Å²) in [6.07, 6.45) is 0. The first-order chi connectivity index (χ1) is 7.29. The first-order valence-electron chi connectivity index (χ1n) is 2.91. The average molecular weight is 288 g/mol. The van der Waals surface area contributed by atoms with Gasteiger partial charge in [0.05, 0.1) is 0 Å². The van der Waals surface area contributed by atoms with Crippen LogP contribution in [-0.4, -0.2) is 44.1 Å². The second kappa shape index (κ2) is 12.0. The van der Waals surface area contributed by atoms with Crippen LogP contribution in [0.2, 0.25) is 0 Å². The Hall–Kier alpha value is -1.47. The molecule has 0 bridgehead atoms. The summed E-state index contributed by atoms with van der Waals surface area (Å²) in [4.78, 5) is 43.0. The molecular formula is C4H4F2LiO10P. The molecule has 0 radical (unpaired) electrons. The number of aliphatic carboxylic acids is 4. The van der Waals surface area contributed by atoms with Gasteiger partial charge in [-0.1, -0.05) is 0 Å². The number of carbonyl (C=O) groups excluding carboxylic acids is 1. The zero-order valence-electron chi connectivity index (χ0n) is 8.44. The molecule has 0 unspecified atom stereocenters. The van der Waals surface area contributed by atoms with Crippen molar-refractivity contribution in [2.75, 3.05) is 0 Å². The van der Waals surface area contributed by atoms with E-state index in [4.69, 9.17) is 49.1 Å². The molecule has 4 N–H and O–H groups in total. The van der Waals surface area contributed by atoms with E-state index in [2.05, 4.69) is 0 Å². The molecule has 0 rings (SSSR count).